The van der Waals surface area contributed by atoms with Gasteiger partial charge in [-0.05, 0) is 37.0 Å². The van der Waals surface area contributed by atoms with Crippen LogP contribution in [0.4, 0.5) is 0 Å². The maximum Gasteiger partial charge on any atom is 0.251 e. The predicted molar refractivity (Wildman–Crippen MR) is 76.7 cm³/mol. The fourth-order valence-electron chi connectivity index (χ4n) is 1.51. The molecule has 1 unspecified atom stereocenters. The Bertz CT molecular complexity index is 384. The molecule has 1 atom stereocenters. The monoisotopic (exact) mass is 267 g/mol. The number of nitrogens with two attached hydrogens (primary N) is 1. The third-order valence-corrected chi connectivity index (χ3v) is 3.50. The number of nitrogens with one attached hydrogen (secondary N) is 1. The zero-order valence-electron chi connectivity index (χ0n) is 11.0. The van der Waals surface area contributed by atoms with E-state index in [1.165, 1.54) is 0 Å². The van der Waals surface area contributed by atoms with Crippen molar-refractivity contribution in [2.75, 3.05) is 11.5 Å². The van der Waals surface area contributed by atoms with Crippen molar-refractivity contribution < 1.29 is 4.79 Å². The van der Waals surface area contributed by atoms with Crippen molar-refractivity contribution in [2.45, 2.75) is 32.9 Å². The van der Waals surface area contributed by atoms with Crippen LogP contribution in [0.3, 0.4) is 0 Å². The fraction of sp³-hybridized carbons (Fsp3) is 0.538. The molecule has 1 amide bonds. The van der Waals surface area contributed by atoms with Gasteiger partial charge in [0.1, 0.15) is 0 Å². The second kappa shape index (κ2) is 8.11. The van der Waals surface area contributed by atoms with E-state index in [0.29, 0.717) is 12.1 Å². The molecule has 5 heteroatoms. The van der Waals surface area contributed by atoms with Crippen molar-refractivity contribution in [3.8, 4) is 0 Å². The molecule has 0 bridgehead atoms. The summed E-state index contributed by atoms with van der Waals surface area (Å²) in [6.45, 7) is 4.52. The number of aromatic nitrogens is 1. The topological polar surface area (TPSA) is 68.0 Å². The average Bonchev–Trinajstić information content (AvgIpc) is 2.39. The molecule has 0 radical (unpaired) electrons. The first-order valence-electron chi connectivity index (χ1n) is 6.21. The van der Waals surface area contributed by atoms with Gasteiger partial charge in [-0.3, -0.25) is 9.78 Å². The molecule has 100 valence electrons. The summed E-state index contributed by atoms with van der Waals surface area (Å²) < 4.78 is 0. The van der Waals surface area contributed by atoms with Crippen molar-refractivity contribution >= 4 is 17.7 Å². The minimum Gasteiger partial charge on any atom is -0.350 e. The van der Waals surface area contributed by atoms with Gasteiger partial charge in [-0.15, -0.1) is 0 Å². The lowest BCUT2D eigenvalue weighted by Gasteiger charge is -2.13. The summed E-state index contributed by atoms with van der Waals surface area (Å²) in [5.74, 6) is 2.13. The molecule has 1 aromatic heterocycles. The van der Waals surface area contributed by atoms with Crippen molar-refractivity contribution in [1.29, 1.82) is 0 Å². The van der Waals surface area contributed by atoms with E-state index in [4.69, 9.17) is 5.73 Å². The summed E-state index contributed by atoms with van der Waals surface area (Å²) in [6.07, 6.45) is 2.60. The first-order valence-corrected chi connectivity index (χ1v) is 7.36. The minimum atomic E-state index is -0.0545. The summed E-state index contributed by atoms with van der Waals surface area (Å²) in [4.78, 5) is 16.0. The molecule has 0 fully saturated rings. The van der Waals surface area contributed by atoms with Crippen molar-refractivity contribution in [1.82, 2.24) is 10.3 Å². The van der Waals surface area contributed by atoms with Gasteiger partial charge in [0, 0.05) is 24.3 Å². The lowest BCUT2D eigenvalue weighted by molar-refractivity contribution is 0.0939. The Labute approximate surface area is 113 Å². The maximum absolute atomic E-state index is 12.0. The van der Waals surface area contributed by atoms with E-state index in [1.54, 1.807) is 18.3 Å². The van der Waals surface area contributed by atoms with Crippen LogP contribution in [0.5, 0.6) is 0 Å². The molecular formula is C13H21N3OS. The Kier molecular flexibility index (Phi) is 6.75. The number of hydrogen-bond donors (Lipinski definition) is 2. The molecule has 18 heavy (non-hydrogen) atoms. The Hall–Kier alpha value is -1.07. The molecule has 4 nitrogen and oxygen atoms in total. The highest BCUT2D eigenvalue weighted by molar-refractivity contribution is 7.99. The van der Waals surface area contributed by atoms with Crippen LogP contribution in [0.1, 0.15) is 36.3 Å². The summed E-state index contributed by atoms with van der Waals surface area (Å²) in [5, 5.41) is 2.99. The minimum absolute atomic E-state index is 0.0545. The third kappa shape index (κ3) is 5.06. The van der Waals surface area contributed by atoms with Gasteiger partial charge in [0.05, 0.1) is 5.69 Å². The molecule has 1 heterocycles. The molecule has 3 N–H and O–H groups in total. The summed E-state index contributed by atoms with van der Waals surface area (Å²) >= 11 is 1.89. The van der Waals surface area contributed by atoms with E-state index in [0.717, 1.165) is 23.6 Å². The van der Waals surface area contributed by atoms with Crippen LogP contribution < -0.4 is 11.1 Å². The van der Waals surface area contributed by atoms with E-state index in [9.17, 15) is 4.79 Å². The van der Waals surface area contributed by atoms with Gasteiger partial charge in [0.25, 0.3) is 5.91 Å². The van der Waals surface area contributed by atoms with E-state index < -0.39 is 0 Å². The highest BCUT2D eigenvalue weighted by atomic mass is 32.2. The van der Waals surface area contributed by atoms with Crippen LogP contribution in [0.15, 0.2) is 18.3 Å². The normalized spacial score (nSPS) is 12.2. The van der Waals surface area contributed by atoms with E-state index in [2.05, 4.69) is 17.2 Å². The first-order chi connectivity index (χ1) is 8.67. The van der Waals surface area contributed by atoms with E-state index >= 15 is 0 Å². The van der Waals surface area contributed by atoms with E-state index in [-0.39, 0.29) is 11.9 Å². The number of thioether (sulfide) groups is 1. The van der Waals surface area contributed by atoms with Gasteiger partial charge in [-0.1, -0.05) is 6.92 Å². The van der Waals surface area contributed by atoms with Gasteiger partial charge < -0.3 is 11.1 Å². The fourth-order valence-corrected chi connectivity index (χ4v) is 2.32. The summed E-state index contributed by atoms with van der Waals surface area (Å²) in [7, 11) is 0. The number of carbonyl (C=O) groups is 1. The lowest BCUT2D eigenvalue weighted by atomic mass is 10.2. The molecule has 1 aromatic rings. The molecule has 0 aliphatic carbocycles. The standard InChI is InChI=1S/C13H21N3OS/c1-3-18-7-5-10(2)16-13(17)11-4-6-15-12(8-11)9-14/h4,6,8,10H,3,5,7,9,14H2,1-2H3,(H,16,17). The quantitative estimate of drug-likeness (QED) is 0.739. The number of amides is 1. The number of hydrogen-bond acceptors (Lipinski definition) is 4. The van der Waals surface area contributed by atoms with Crippen molar-refractivity contribution in [2.24, 2.45) is 5.73 Å². The van der Waals surface area contributed by atoms with Crippen molar-refractivity contribution in [3.05, 3.63) is 29.6 Å². The highest BCUT2D eigenvalue weighted by Gasteiger charge is 2.10. The van der Waals surface area contributed by atoms with E-state index in [1.807, 2.05) is 18.7 Å². The average molecular weight is 267 g/mol. The SMILES string of the molecule is CCSCCC(C)NC(=O)c1ccnc(CN)c1. The van der Waals surface area contributed by atoms with Gasteiger partial charge >= 0.3 is 0 Å². The van der Waals surface area contributed by atoms with Crippen LogP contribution in [-0.4, -0.2) is 28.4 Å². The van der Waals surface area contributed by atoms with Crippen LogP contribution in [0, 0.1) is 0 Å². The number of rotatable bonds is 7. The molecule has 1 rings (SSSR count). The Morgan fingerprint density at radius 2 is 2.39 bits per heavy atom. The second-order valence-corrected chi connectivity index (χ2v) is 5.49. The first kappa shape index (κ1) is 15.0. The zero-order valence-corrected chi connectivity index (χ0v) is 11.8. The Balaban J connectivity index is 2.48. The van der Waals surface area contributed by atoms with Gasteiger partial charge in [0.15, 0.2) is 0 Å². The molecule has 0 aliphatic rings. The van der Waals surface area contributed by atoms with Crippen LogP contribution in [0.25, 0.3) is 0 Å². The molecule has 0 aliphatic heterocycles. The highest BCUT2D eigenvalue weighted by Crippen LogP contribution is 2.06. The maximum atomic E-state index is 12.0. The summed E-state index contributed by atoms with van der Waals surface area (Å²) in [6, 6.07) is 3.64. The van der Waals surface area contributed by atoms with Gasteiger partial charge in [0.2, 0.25) is 0 Å². The third-order valence-electron chi connectivity index (χ3n) is 2.56. The smallest absolute Gasteiger partial charge is 0.251 e. The molecule has 0 saturated carbocycles. The largest absolute Gasteiger partial charge is 0.350 e. The molecular weight excluding hydrogens is 246 g/mol. The molecule has 0 aromatic carbocycles. The Morgan fingerprint density at radius 3 is 3.06 bits per heavy atom. The molecule has 0 spiro atoms. The van der Waals surface area contributed by atoms with Crippen LogP contribution in [-0.2, 0) is 6.54 Å². The van der Waals surface area contributed by atoms with Gasteiger partial charge in [-0.25, -0.2) is 0 Å². The summed E-state index contributed by atoms with van der Waals surface area (Å²) in [5.41, 5.74) is 6.86. The van der Waals surface area contributed by atoms with Gasteiger partial charge in [-0.2, -0.15) is 11.8 Å². The second-order valence-electron chi connectivity index (χ2n) is 4.10. The Morgan fingerprint density at radius 1 is 1.61 bits per heavy atom. The number of pyridine rings is 1. The predicted octanol–water partition coefficient (Wildman–Crippen LogP) is 1.80. The number of carbonyl (C=O) groups excluding carboxylic acids is 1. The van der Waals surface area contributed by atoms with Crippen LogP contribution in [0.2, 0.25) is 0 Å². The zero-order chi connectivity index (χ0) is 13.4. The lowest BCUT2D eigenvalue weighted by Crippen LogP contribution is -2.33. The van der Waals surface area contributed by atoms with Crippen molar-refractivity contribution in [3.63, 3.8) is 0 Å². The number of nitrogens with zero attached hydrogens (tertiary/aromatic N) is 1. The molecule has 0 saturated heterocycles. The van der Waals surface area contributed by atoms with Crippen LogP contribution >= 0.6 is 11.8 Å².